The molecule has 0 radical (unpaired) electrons. The van der Waals surface area contributed by atoms with E-state index in [1.54, 1.807) is 12.5 Å². The molecule has 3 nitrogen and oxygen atoms in total. The van der Waals surface area contributed by atoms with Crippen molar-refractivity contribution in [2.75, 3.05) is 0 Å². The van der Waals surface area contributed by atoms with Crippen LogP contribution in [0, 0.1) is 12.3 Å². The van der Waals surface area contributed by atoms with E-state index < -0.39 is 0 Å². The summed E-state index contributed by atoms with van der Waals surface area (Å²) in [5, 5.41) is 3.43. The second kappa shape index (κ2) is 6.21. The lowest BCUT2D eigenvalue weighted by atomic mass is 10.1. The Kier molecular flexibility index (Phi) is 4.38. The molecule has 0 bridgehead atoms. The summed E-state index contributed by atoms with van der Waals surface area (Å²) in [6.45, 7) is 4.22. The summed E-state index contributed by atoms with van der Waals surface area (Å²) in [4.78, 5) is 4.05. The van der Waals surface area contributed by atoms with Gasteiger partial charge in [0.1, 0.15) is 0 Å². The number of hydrogen-bond acceptors (Lipinski definition) is 2. The van der Waals surface area contributed by atoms with Crippen molar-refractivity contribution in [3.63, 3.8) is 0 Å². The predicted octanol–water partition coefficient (Wildman–Crippen LogP) is 2.93. The number of imidazole rings is 1. The van der Waals surface area contributed by atoms with Gasteiger partial charge in [-0.25, -0.2) is 4.98 Å². The Morgan fingerprint density at radius 2 is 2.11 bits per heavy atom. The van der Waals surface area contributed by atoms with Crippen LogP contribution in [-0.4, -0.2) is 15.6 Å². The molecule has 2 aromatic rings. The molecule has 19 heavy (non-hydrogen) atoms. The zero-order chi connectivity index (χ0) is 13.7. The first-order valence-electron chi connectivity index (χ1n) is 6.55. The molecular weight excluding hydrogens is 234 g/mol. The highest BCUT2D eigenvalue weighted by Gasteiger charge is 2.09. The van der Waals surface area contributed by atoms with Gasteiger partial charge in [-0.15, -0.1) is 6.42 Å². The Balaban J connectivity index is 2.08. The van der Waals surface area contributed by atoms with Crippen molar-refractivity contribution in [3.05, 3.63) is 48.5 Å². The lowest BCUT2D eigenvalue weighted by Gasteiger charge is -2.18. The molecular formula is C16H19N3. The molecule has 2 rings (SSSR count). The minimum absolute atomic E-state index is 0.128. The second-order valence-corrected chi connectivity index (χ2v) is 4.58. The molecule has 0 spiro atoms. The number of nitrogens with zero attached hydrogens (tertiary/aromatic N) is 2. The lowest BCUT2D eigenvalue weighted by molar-refractivity contribution is 0.512. The minimum atomic E-state index is 0.128. The van der Waals surface area contributed by atoms with Crippen molar-refractivity contribution in [3.8, 4) is 18.0 Å². The fourth-order valence-electron chi connectivity index (χ4n) is 2.03. The number of benzene rings is 1. The van der Waals surface area contributed by atoms with E-state index >= 15 is 0 Å². The average Bonchev–Trinajstić information content (AvgIpc) is 2.99. The number of terminal acetylenes is 1. The Labute approximate surface area is 114 Å². The number of rotatable bonds is 5. The van der Waals surface area contributed by atoms with Crippen molar-refractivity contribution in [1.82, 2.24) is 14.9 Å². The topological polar surface area (TPSA) is 29.9 Å². The third-order valence-corrected chi connectivity index (χ3v) is 3.26. The van der Waals surface area contributed by atoms with Crippen molar-refractivity contribution in [1.29, 1.82) is 0 Å². The Hall–Kier alpha value is -2.05. The fraction of sp³-hybridized carbons (Fsp3) is 0.312. The summed E-state index contributed by atoms with van der Waals surface area (Å²) in [6.07, 6.45) is 11.9. The highest BCUT2D eigenvalue weighted by Crippen LogP contribution is 2.16. The standard InChI is InChI=1S/C16H19N3/c1-4-15(5-2)18-13(3)14-6-8-16(9-7-14)19-11-10-17-12-19/h1,6-13,15,18H,5H2,2-3H3. The Morgan fingerprint density at radius 1 is 1.37 bits per heavy atom. The van der Waals surface area contributed by atoms with E-state index in [1.807, 2.05) is 10.8 Å². The summed E-state index contributed by atoms with van der Waals surface area (Å²) in [5.74, 6) is 2.76. The summed E-state index contributed by atoms with van der Waals surface area (Å²) in [6, 6.07) is 8.80. The van der Waals surface area contributed by atoms with Gasteiger partial charge in [0.15, 0.2) is 0 Å². The monoisotopic (exact) mass is 253 g/mol. The van der Waals surface area contributed by atoms with Crippen molar-refractivity contribution in [2.24, 2.45) is 0 Å². The van der Waals surface area contributed by atoms with E-state index in [2.05, 4.69) is 54.3 Å². The van der Waals surface area contributed by atoms with Gasteiger partial charge in [-0.05, 0) is 31.0 Å². The third kappa shape index (κ3) is 3.24. The molecule has 0 saturated heterocycles. The summed E-state index contributed by atoms with van der Waals surface area (Å²) < 4.78 is 1.98. The minimum Gasteiger partial charge on any atom is -0.306 e. The van der Waals surface area contributed by atoms with Crippen LogP contribution in [-0.2, 0) is 0 Å². The Bertz CT molecular complexity index is 534. The zero-order valence-electron chi connectivity index (χ0n) is 11.4. The van der Waals surface area contributed by atoms with Crippen LogP contribution in [0.1, 0.15) is 31.9 Å². The van der Waals surface area contributed by atoms with Crippen LogP contribution in [0.3, 0.4) is 0 Å². The van der Waals surface area contributed by atoms with Gasteiger partial charge in [-0.3, -0.25) is 5.32 Å². The highest BCUT2D eigenvalue weighted by molar-refractivity contribution is 5.35. The largest absolute Gasteiger partial charge is 0.306 e. The molecule has 1 N–H and O–H groups in total. The van der Waals surface area contributed by atoms with Crippen molar-refractivity contribution >= 4 is 0 Å². The molecule has 0 amide bonds. The maximum Gasteiger partial charge on any atom is 0.0991 e. The quantitative estimate of drug-likeness (QED) is 0.830. The molecule has 1 aromatic heterocycles. The van der Waals surface area contributed by atoms with Crippen LogP contribution >= 0.6 is 0 Å². The molecule has 1 aromatic carbocycles. The van der Waals surface area contributed by atoms with E-state index in [0.717, 1.165) is 12.1 Å². The van der Waals surface area contributed by atoms with Gasteiger partial charge >= 0.3 is 0 Å². The van der Waals surface area contributed by atoms with Gasteiger partial charge in [-0.2, -0.15) is 0 Å². The number of hydrogen-bond donors (Lipinski definition) is 1. The summed E-state index contributed by atoms with van der Waals surface area (Å²) in [5.41, 5.74) is 2.34. The van der Waals surface area contributed by atoms with Crippen LogP contribution in [0.15, 0.2) is 43.0 Å². The van der Waals surface area contributed by atoms with Crippen molar-refractivity contribution in [2.45, 2.75) is 32.4 Å². The molecule has 1 heterocycles. The van der Waals surface area contributed by atoms with Crippen LogP contribution in [0.2, 0.25) is 0 Å². The van der Waals surface area contributed by atoms with Gasteiger partial charge in [0, 0.05) is 24.1 Å². The SMILES string of the molecule is C#CC(CC)NC(C)c1ccc(-n2ccnc2)cc1. The Morgan fingerprint density at radius 3 is 2.63 bits per heavy atom. The van der Waals surface area contributed by atoms with Crippen LogP contribution < -0.4 is 5.32 Å². The average molecular weight is 253 g/mol. The maximum atomic E-state index is 5.48. The lowest BCUT2D eigenvalue weighted by Crippen LogP contribution is -2.29. The van der Waals surface area contributed by atoms with Crippen LogP contribution in [0.4, 0.5) is 0 Å². The number of aromatic nitrogens is 2. The maximum absolute atomic E-state index is 5.48. The van der Waals surface area contributed by atoms with Gasteiger partial charge in [0.05, 0.1) is 12.4 Å². The first kappa shape index (κ1) is 13.4. The highest BCUT2D eigenvalue weighted by atomic mass is 15.0. The van der Waals surface area contributed by atoms with E-state index in [0.29, 0.717) is 0 Å². The van der Waals surface area contributed by atoms with Gasteiger partial charge in [-0.1, -0.05) is 25.0 Å². The molecule has 0 aliphatic carbocycles. The molecule has 0 aliphatic heterocycles. The smallest absolute Gasteiger partial charge is 0.0991 e. The third-order valence-electron chi connectivity index (χ3n) is 3.26. The van der Waals surface area contributed by atoms with Gasteiger partial charge < -0.3 is 4.57 Å². The molecule has 0 saturated carbocycles. The van der Waals surface area contributed by atoms with Crippen LogP contribution in [0.25, 0.3) is 5.69 Å². The number of nitrogens with one attached hydrogen (secondary N) is 1. The molecule has 0 fully saturated rings. The van der Waals surface area contributed by atoms with E-state index in [4.69, 9.17) is 6.42 Å². The van der Waals surface area contributed by atoms with E-state index in [-0.39, 0.29) is 12.1 Å². The molecule has 0 aliphatic rings. The molecule has 2 atom stereocenters. The van der Waals surface area contributed by atoms with Gasteiger partial charge in [0.2, 0.25) is 0 Å². The molecule has 2 unspecified atom stereocenters. The normalized spacial score (nSPS) is 13.7. The van der Waals surface area contributed by atoms with Crippen molar-refractivity contribution < 1.29 is 0 Å². The van der Waals surface area contributed by atoms with Gasteiger partial charge in [0.25, 0.3) is 0 Å². The summed E-state index contributed by atoms with van der Waals surface area (Å²) in [7, 11) is 0. The fourth-order valence-corrected chi connectivity index (χ4v) is 2.03. The second-order valence-electron chi connectivity index (χ2n) is 4.58. The predicted molar refractivity (Wildman–Crippen MR) is 78.0 cm³/mol. The van der Waals surface area contributed by atoms with E-state index in [9.17, 15) is 0 Å². The van der Waals surface area contributed by atoms with Crippen LogP contribution in [0.5, 0.6) is 0 Å². The zero-order valence-corrected chi connectivity index (χ0v) is 11.4. The summed E-state index contributed by atoms with van der Waals surface area (Å²) >= 11 is 0. The first-order chi connectivity index (χ1) is 9.24. The molecule has 98 valence electrons. The molecule has 3 heteroatoms. The van der Waals surface area contributed by atoms with E-state index in [1.165, 1.54) is 5.56 Å². The first-order valence-corrected chi connectivity index (χ1v) is 6.55.